The van der Waals surface area contributed by atoms with Crippen LogP contribution in [0.25, 0.3) is 0 Å². The average molecular weight is 202 g/mol. The average Bonchev–Trinajstić information content (AvgIpc) is 2.16. The van der Waals surface area contributed by atoms with Gasteiger partial charge in [0.15, 0.2) is 0 Å². The predicted molar refractivity (Wildman–Crippen MR) is 55.6 cm³/mol. The van der Waals surface area contributed by atoms with Crippen LogP contribution in [0.2, 0.25) is 0 Å². The van der Waals surface area contributed by atoms with Gasteiger partial charge in [0.05, 0.1) is 0 Å². The lowest BCUT2D eigenvalue weighted by Gasteiger charge is -2.08. The molecule has 1 atom stereocenters. The third-order valence-electron chi connectivity index (χ3n) is 1.73. The molecule has 0 aromatic carbocycles. The summed E-state index contributed by atoms with van der Waals surface area (Å²) in [5.74, 6) is 2.85. The van der Waals surface area contributed by atoms with E-state index in [0.717, 1.165) is 19.3 Å². The number of amides is 1. The lowest BCUT2D eigenvalue weighted by molar-refractivity contribution is -0.123. The largest absolute Gasteiger partial charge is 0.356 e. The fraction of sp³-hybridized carbons (Fsp3) is 0.700. The summed E-state index contributed by atoms with van der Waals surface area (Å²) in [6.45, 7) is 2.51. The zero-order valence-electron chi connectivity index (χ0n) is 7.98. The maximum atomic E-state index is 11.2. The van der Waals surface area contributed by atoms with E-state index in [2.05, 4.69) is 11.2 Å². The van der Waals surface area contributed by atoms with E-state index in [1.54, 1.807) is 0 Å². The molecule has 0 spiro atoms. The van der Waals surface area contributed by atoms with Crippen molar-refractivity contribution in [1.29, 1.82) is 0 Å². The monoisotopic (exact) mass is 201 g/mol. The van der Waals surface area contributed by atoms with Crippen LogP contribution in [0.1, 0.15) is 26.2 Å². The normalized spacial score (nSPS) is 11.8. The van der Waals surface area contributed by atoms with Crippen LogP contribution in [0.15, 0.2) is 0 Å². The number of carbonyl (C=O) groups excluding carboxylic acids is 1. The Hall–Kier alpha value is -0.680. The second kappa shape index (κ2) is 7.94. The minimum Gasteiger partial charge on any atom is -0.356 e. The standard InChI is InChI=1S/C10H16ClNO/c1-3-4-5-6-7-12-10(13)9(2)8-11/h1,9H,4-8H2,2H3,(H,12,13). The Bertz CT molecular complexity index is 186. The van der Waals surface area contributed by atoms with Crippen molar-refractivity contribution in [3.8, 4) is 12.3 Å². The molecule has 0 aliphatic carbocycles. The molecule has 0 heterocycles. The van der Waals surface area contributed by atoms with Gasteiger partial charge < -0.3 is 5.32 Å². The van der Waals surface area contributed by atoms with Gasteiger partial charge >= 0.3 is 0 Å². The third kappa shape index (κ3) is 6.48. The molecule has 0 saturated heterocycles. The SMILES string of the molecule is C#CCCCCNC(=O)C(C)CCl. The second-order valence-electron chi connectivity index (χ2n) is 3.01. The van der Waals surface area contributed by atoms with E-state index >= 15 is 0 Å². The van der Waals surface area contributed by atoms with Gasteiger partial charge in [0.2, 0.25) is 5.91 Å². The van der Waals surface area contributed by atoms with Crippen molar-refractivity contribution in [3.63, 3.8) is 0 Å². The van der Waals surface area contributed by atoms with Crippen LogP contribution >= 0.6 is 11.6 Å². The number of rotatable bonds is 6. The highest BCUT2D eigenvalue weighted by atomic mass is 35.5. The van der Waals surface area contributed by atoms with Crippen LogP contribution in [-0.4, -0.2) is 18.3 Å². The van der Waals surface area contributed by atoms with Crippen molar-refractivity contribution >= 4 is 17.5 Å². The number of hydrogen-bond acceptors (Lipinski definition) is 1. The van der Waals surface area contributed by atoms with Gasteiger partial charge in [0.1, 0.15) is 0 Å². The first kappa shape index (κ1) is 12.3. The summed E-state index contributed by atoms with van der Waals surface area (Å²) in [4.78, 5) is 11.2. The smallest absolute Gasteiger partial charge is 0.224 e. The molecule has 74 valence electrons. The summed E-state index contributed by atoms with van der Waals surface area (Å²) >= 11 is 5.52. The molecule has 0 aliphatic heterocycles. The van der Waals surface area contributed by atoms with Gasteiger partial charge in [-0.1, -0.05) is 6.92 Å². The van der Waals surface area contributed by atoms with Crippen molar-refractivity contribution in [1.82, 2.24) is 5.32 Å². The van der Waals surface area contributed by atoms with E-state index in [9.17, 15) is 4.79 Å². The van der Waals surface area contributed by atoms with Gasteiger partial charge in [0.25, 0.3) is 0 Å². The first-order chi connectivity index (χ1) is 6.22. The van der Waals surface area contributed by atoms with Gasteiger partial charge in [-0.3, -0.25) is 4.79 Å². The number of terminal acetylenes is 1. The number of hydrogen-bond donors (Lipinski definition) is 1. The molecule has 1 unspecified atom stereocenters. The first-order valence-corrected chi connectivity index (χ1v) is 5.03. The Balaban J connectivity index is 3.33. The van der Waals surface area contributed by atoms with Crippen LogP contribution in [0.5, 0.6) is 0 Å². The van der Waals surface area contributed by atoms with Crippen molar-refractivity contribution < 1.29 is 4.79 Å². The van der Waals surface area contributed by atoms with E-state index in [0.29, 0.717) is 12.4 Å². The summed E-state index contributed by atoms with van der Waals surface area (Å²) in [7, 11) is 0. The Labute approximate surface area is 85.0 Å². The maximum absolute atomic E-state index is 11.2. The topological polar surface area (TPSA) is 29.1 Å². The van der Waals surface area contributed by atoms with E-state index in [-0.39, 0.29) is 11.8 Å². The van der Waals surface area contributed by atoms with Crippen LogP contribution in [0.4, 0.5) is 0 Å². The molecule has 13 heavy (non-hydrogen) atoms. The van der Waals surface area contributed by atoms with E-state index in [4.69, 9.17) is 18.0 Å². The lowest BCUT2D eigenvalue weighted by atomic mass is 10.2. The van der Waals surface area contributed by atoms with Crippen molar-refractivity contribution in [2.75, 3.05) is 12.4 Å². The molecule has 0 bridgehead atoms. The molecule has 0 radical (unpaired) electrons. The van der Waals surface area contributed by atoms with Gasteiger partial charge in [-0.15, -0.1) is 23.9 Å². The predicted octanol–water partition coefficient (Wildman–Crippen LogP) is 1.78. The highest BCUT2D eigenvalue weighted by molar-refractivity contribution is 6.19. The summed E-state index contributed by atoms with van der Waals surface area (Å²) < 4.78 is 0. The molecule has 0 fully saturated rings. The van der Waals surface area contributed by atoms with E-state index in [1.165, 1.54) is 0 Å². The molecule has 0 aliphatic rings. The van der Waals surface area contributed by atoms with Gasteiger partial charge in [-0.2, -0.15) is 0 Å². The Morgan fingerprint density at radius 1 is 1.62 bits per heavy atom. The molecule has 0 aromatic heterocycles. The van der Waals surface area contributed by atoms with E-state index < -0.39 is 0 Å². The summed E-state index contributed by atoms with van der Waals surface area (Å²) in [6, 6.07) is 0. The second-order valence-corrected chi connectivity index (χ2v) is 3.32. The van der Waals surface area contributed by atoms with Crippen LogP contribution in [0, 0.1) is 18.3 Å². The van der Waals surface area contributed by atoms with Crippen molar-refractivity contribution in [2.45, 2.75) is 26.2 Å². The molecule has 0 saturated carbocycles. The fourth-order valence-corrected chi connectivity index (χ4v) is 0.948. The number of unbranched alkanes of at least 4 members (excludes halogenated alkanes) is 2. The molecular formula is C10H16ClNO. The maximum Gasteiger partial charge on any atom is 0.224 e. The first-order valence-electron chi connectivity index (χ1n) is 4.49. The highest BCUT2D eigenvalue weighted by Gasteiger charge is 2.09. The third-order valence-corrected chi connectivity index (χ3v) is 2.19. The molecular weight excluding hydrogens is 186 g/mol. The van der Waals surface area contributed by atoms with Gasteiger partial charge in [0, 0.05) is 24.8 Å². The molecule has 1 N–H and O–H groups in total. The zero-order chi connectivity index (χ0) is 10.1. The van der Waals surface area contributed by atoms with Crippen LogP contribution in [-0.2, 0) is 4.79 Å². The molecule has 2 nitrogen and oxygen atoms in total. The molecule has 1 amide bonds. The Morgan fingerprint density at radius 3 is 2.85 bits per heavy atom. The zero-order valence-corrected chi connectivity index (χ0v) is 8.73. The summed E-state index contributed by atoms with van der Waals surface area (Å²) in [5, 5.41) is 2.80. The van der Waals surface area contributed by atoms with Crippen LogP contribution in [0.3, 0.4) is 0 Å². The fourth-order valence-electron chi connectivity index (χ4n) is 0.808. The minimum atomic E-state index is -0.102. The Morgan fingerprint density at radius 2 is 2.31 bits per heavy atom. The number of nitrogens with one attached hydrogen (secondary N) is 1. The van der Waals surface area contributed by atoms with Crippen molar-refractivity contribution in [2.24, 2.45) is 5.92 Å². The number of carbonyl (C=O) groups is 1. The molecule has 3 heteroatoms. The quantitative estimate of drug-likeness (QED) is 0.396. The van der Waals surface area contributed by atoms with Crippen LogP contribution < -0.4 is 5.32 Å². The summed E-state index contributed by atoms with van der Waals surface area (Å²) in [5.41, 5.74) is 0. The van der Waals surface area contributed by atoms with Gasteiger partial charge in [-0.05, 0) is 12.8 Å². The number of alkyl halides is 1. The van der Waals surface area contributed by atoms with E-state index in [1.807, 2.05) is 6.92 Å². The van der Waals surface area contributed by atoms with Crippen molar-refractivity contribution in [3.05, 3.63) is 0 Å². The Kier molecular flexibility index (Phi) is 7.53. The minimum absolute atomic E-state index is 0.0238. The van der Waals surface area contributed by atoms with Gasteiger partial charge in [-0.25, -0.2) is 0 Å². The molecule has 0 rings (SSSR count). The lowest BCUT2D eigenvalue weighted by Crippen LogP contribution is -2.30. The highest BCUT2D eigenvalue weighted by Crippen LogP contribution is 1.98. The summed E-state index contributed by atoms with van der Waals surface area (Å²) in [6.07, 6.45) is 7.76. The molecule has 0 aromatic rings. The number of halogens is 1.